The Bertz CT molecular complexity index is 1840. The number of amides is 3. The first-order chi connectivity index (χ1) is 24.8. The van der Waals surface area contributed by atoms with Gasteiger partial charge in [-0.25, -0.2) is 0 Å². The van der Waals surface area contributed by atoms with Crippen LogP contribution >= 0.6 is 0 Å². The van der Waals surface area contributed by atoms with Crippen molar-refractivity contribution in [2.45, 2.75) is 58.2 Å². The van der Waals surface area contributed by atoms with Crippen molar-refractivity contribution in [1.29, 1.82) is 0 Å². The number of nitrogens with one attached hydrogen (secondary N) is 3. The van der Waals surface area contributed by atoms with Crippen LogP contribution in [0.15, 0.2) is 97.1 Å². The highest BCUT2D eigenvalue weighted by Crippen LogP contribution is 2.34. The van der Waals surface area contributed by atoms with E-state index in [1.807, 2.05) is 0 Å². The summed E-state index contributed by atoms with van der Waals surface area (Å²) in [5.41, 5.74) is -0.0111. The number of ether oxygens (including phenoxy) is 2. The molecule has 4 aromatic carbocycles. The minimum atomic E-state index is -4.49. The summed E-state index contributed by atoms with van der Waals surface area (Å²) in [6, 6.07) is 24.6. The number of rotatable bonds is 15. The molecule has 0 radical (unpaired) electrons. The highest BCUT2D eigenvalue weighted by atomic mass is 19.4. The molecule has 0 aliphatic carbocycles. The first kappa shape index (κ1) is 39.1. The van der Waals surface area contributed by atoms with E-state index in [1.54, 1.807) is 100 Å². The van der Waals surface area contributed by atoms with Crippen molar-refractivity contribution < 1.29 is 41.8 Å². The first-order valence-corrected chi connectivity index (χ1v) is 17.0. The maximum absolute atomic E-state index is 13.5. The van der Waals surface area contributed by atoms with E-state index in [0.717, 1.165) is 12.1 Å². The van der Waals surface area contributed by atoms with Gasteiger partial charge >= 0.3 is 12.1 Å². The van der Waals surface area contributed by atoms with Crippen LogP contribution in [0.25, 0.3) is 11.1 Å². The maximum atomic E-state index is 13.5. The molecule has 0 saturated carbocycles. The molecule has 0 aliphatic heterocycles. The minimum absolute atomic E-state index is 0.0962. The Hall–Kier alpha value is -5.65. The summed E-state index contributed by atoms with van der Waals surface area (Å²) in [6.45, 7) is 7.49. The zero-order chi connectivity index (χ0) is 37.9. The lowest BCUT2D eigenvalue weighted by molar-refractivity contribution is -0.147. The summed E-state index contributed by atoms with van der Waals surface area (Å²) in [5.74, 6) is -1.84. The van der Waals surface area contributed by atoms with Crippen molar-refractivity contribution >= 4 is 29.4 Å². The molecule has 4 rings (SSSR count). The minimum Gasteiger partial charge on any atom is -0.489 e. The molecule has 0 heterocycles. The number of carbonyl (C=O) groups excluding carboxylic acids is 4. The number of alkyl halides is 3. The lowest BCUT2D eigenvalue weighted by Crippen LogP contribution is -2.55. The van der Waals surface area contributed by atoms with E-state index >= 15 is 0 Å². The molecule has 0 spiro atoms. The Labute approximate surface area is 300 Å². The molecule has 0 aromatic heterocycles. The highest BCUT2D eigenvalue weighted by Gasteiger charge is 2.47. The molecule has 3 amide bonds. The van der Waals surface area contributed by atoms with Gasteiger partial charge in [-0.1, -0.05) is 66.7 Å². The molecule has 274 valence electrons. The van der Waals surface area contributed by atoms with E-state index in [4.69, 9.17) is 9.47 Å². The zero-order valence-electron chi connectivity index (χ0n) is 29.4. The van der Waals surface area contributed by atoms with Crippen molar-refractivity contribution in [3.8, 4) is 16.9 Å². The van der Waals surface area contributed by atoms with E-state index in [1.165, 1.54) is 12.1 Å². The quantitative estimate of drug-likeness (QED) is 0.0892. The van der Waals surface area contributed by atoms with Gasteiger partial charge in [0.05, 0.1) is 30.4 Å². The lowest BCUT2D eigenvalue weighted by atomic mass is 9.75. The summed E-state index contributed by atoms with van der Waals surface area (Å²) in [7, 11) is 0. The van der Waals surface area contributed by atoms with Gasteiger partial charge in [0, 0.05) is 25.1 Å². The van der Waals surface area contributed by atoms with Gasteiger partial charge in [-0.3, -0.25) is 19.2 Å². The van der Waals surface area contributed by atoms with Gasteiger partial charge in [-0.15, -0.1) is 0 Å². The van der Waals surface area contributed by atoms with Crippen LogP contribution in [0.1, 0.15) is 61.2 Å². The number of halogens is 3. The van der Waals surface area contributed by atoms with Crippen LogP contribution in [0.4, 0.5) is 18.9 Å². The number of hydrogen-bond donors (Lipinski definition) is 3. The van der Waals surface area contributed by atoms with E-state index in [2.05, 4.69) is 16.0 Å². The maximum Gasteiger partial charge on any atom is 0.416 e. The third kappa shape index (κ3) is 9.56. The van der Waals surface area contributed by atoms with Crippen LogP contribution in [-0.4, -0.2) is 49.5 Å². The Kier molecular flexibility index (Phi) is 13.2. The second-order valence-corrected chi connectivity index (χ2v) is 12.2. The second kappa shape index (κ2) is 17.5. The van der Waals surface area contributed by atoms with Crippen LogP contribution in [0, 0.1) is 0 Å². The predicted octanol–water partition coefficient (Wildman–Crippen LogP) is 7.10. The first-order valence-electron chi connectivity index (χ1n) is 17.0. The molecule has 0 atom stereocenters. The van der Waals surface area contributed by atoms with E-state index in [-0.39, 0.29) is 36.9 Å². The standard InChI is InChI=1S/C40H42F3N3O6/c1-5-44-37(49)39(38(50)45-6-2,29-12-8-7-9-13-29)22-23-51-35(47)25-27-16-21-33(34(24-27)52-26(3)4)46-36(48)32-15-11-10-14-31(32)28-17-19-30(20-18-28)40(41,42)43/h7-21,24,26H,5-6,22-23,25H2,1-4H3,(H,44,49)(H,45,50)(H,46,48). The van der Waals surface area contributed by atoms with Crippen molar-refractivity contribution in [3.63, 3.8) is 0 Å². The Morgan fingerprint density at radius 2 is 1.37 bits per heavy atom. The molecular formula is C40H42F3N3O6. The van der Waals surface area contributed by atoms with Gasteiger partial charge < -0.3 is 25.4 Å². The van der Waals surface area contributed by atoms with Crippen LogP contribution < -0.4 is 20.7 Å². The highest BCUT2D eigenvalue weighted by molar-refractivity contribution is 6.11. The molecule has 12 heteroatoms. The van der Waals surface area contributed by atoms with Crippen molar-refractivity contribution in [3.05, 3.63) is 119 Å². The van der Waals surface area contributed by atoms with Gasteiger partial charge in [0.25, 0.3) is 5.91 Å². The number of benzene rings is 4. The van der Waals surface area contributed by atoms with Gasteiger partial charge in [-0.05, 0) is 80.3 Å². The molecule has 3 N–H and O–H groups in total. The van der Waals surface area contributed by atoms with Crippen LogP contribution in [0.5, 0.6) is 5.75 Å². The number of esters is 1. The SMILES string of the molecule is CCNC(=O)C(CCOC(=O)Cc1ccc(NC(=O)c2ccccc2-c2ccc(C(F)(F)F)cc2)c(OC(C)C)c1)(C(=O)NCC)c1ccccc1. The molecule has 0 unspecified atom stereocenters. The van der Waals surface area contributed by atoms with Crippen LogP contribution in [0.3, 0.4) is 0 Å². The molecule has 9 nitrogen and oxygen atoms in total. The van der Waals surface area contributed by atoms with Crippen molar-refractivity contribution in [2.24, 2.45) is 0 Å². The lowest BCUT2D eigenvalue weighted by Gasteiger charge is -2.31. The number of likely N-dealkylation sites (N-methyl/N-ethyl adjacent to an activating group) is 2. The number of anilines is 1. The summed E-state index contributed by atoms with van der Waals surface area (Å²) >= 11 is 0. The fourth-order valence-electron chi connectivity index (χ4n) is 5.71. The third-order valence-electron chi connectivity index (χ3n) is 8.16. The van der Waals surface area contributed by atoms with Crippen LogP contribution in [0.2, 0.25) is 0 Å². The van der Waals surface area contributed by atoms with E-state index in [0.29, 0.717) is 41.0 Å². The average Bonchev–Trinajstić information content (AvgIpc) is 3.11. The summed E-state index contributed by atoms with van der Waals surface area (Å²) in [6.07, 6.45) is -5.05. The number of hydrogen-bond acceptors (Lipinski definition) is 6. The molecule has 52 heavy (non-hydrogen) atoms. The predicted molar refractivity (Wildman–Crippen MR) is 192 cm³/mol. The normalized spacial score (nSPS) is 11.5. The Morgan fingerprint density at radius 1 is 0.750 bits per heavy atom. The van der Waals surface area contributed by atoms with E-state index in [9.17, 15) is 32.3 Å². The zero-order valence-corrected chi connectivity index (χ0v) is 29.4. The average molecular weight is 718 g/mol. The fourth-order valence-corrected chi connectivity index (χ4v) is 5.71. The van der Waals surface area contributed by atoms with E-state index < -0.39 is 40.8 Å². The molecule has 0 fully saturated rings. The summed E-state index contributed by atoms with van der Waals surface area (Å²) in [5, 5.41) is 8.33. The Morgan fingerprint density at radius 3 is 1.96 bits per heavy atom. The molecule has 4 aromatic rings. The molecule has 0 aliphatic rings. The van der Waals surface area contributed by atoms with Gasteiger partial charge in [0.15, 0.2) is 5.41 Å². The monoisotopic (exact) mass is 717 g/mol. The van der Waals surface area contributed by atoms with Gasteiger partial charge in [0.2, 0.25) is 11.8 Å². The van der Waals surface area contributed by atoms with Gasteiger partial charge in [0.1, 0.15) is 5.75 Å². The molecule has 0 saturated heterocycles. The fraction of sp³-hybridized carbons (Fsp3) is 0.300. The topological polar surface area (TPSA) is 123 Å². The van der Waals surface area contributed by atoms with Crippen molar-refractivity contribution in [1.82, 2.24) is 10.6 Å². The van der Waals surface area contributed by atoms with Crippen molar-refractivity contribution in [2.75, 3.05) is 25.0 Å². The summed E-state index contributed by atoms with van der Waals surface area (Å²) < 4.78 is 50.9. The molecule has 0 bridgehead atoms. The third-order valence-corrected chi connectivity index (χ3v) is 8.16. The largest absolute Gasteiger partial charge is 0.489 e. The Balaban J connectivity index is 1.51. The smallest absolute Gasteiger partial charge is 0.416 e. The molecular weight excluding hydrogens is 675 g/mol. The second-order valence-electron chi connectivity index (χ2n) is 12.2. The van der Waals surface area contributed by atoms with Crippen LogP contribution in [-0.2, 0) is 37.1 Å². The van der Waals surface area contributed by atoms with Gasteiger partial charge in [-0.2, -0.15) is 13.2 Å². The number of carbonyl (C=O) groups is 4. The summed E-state index contributed by atoms with van der Waals surface area (Å²) in [4.78, 5) is 53.4.